The zero-order valence-electron chi connectivity index (χ0n) is 8.60. The molecule has 0 radical (unpaired) electrons. The van der Waals surface area contributed by atoms with Crippen molar-refractivity contribution in [3.8, 4) is 0 Å². The van der Waals surface area contributed by atoms with Gasteiger partial charge in [-0.05, 0) is 12.5 Å². The van der Waals surface area contributed by atoms with Gasteiger partial charge >= 0.3 is 5.97 Å². The summed E-state index contributed by atoms with van der Waals surface area (Å²) in [6.45, 7) is 0. The van der Waals surface area contributed by atoms with Crippen LogP contribution < -0.4 is 0 Å². The van der Waals surface area contributed by atoms with Crippen LogP contribution in [0.3, 0.4) is 0 Å². The molecule has 0 aliphatic carbocycles. The van der Waals surface area contributed by atoms with Gasteiger partial charge in [-0.15, -0.1) is 0 Å². The number of ether oxygens (including phenoxy) is 1. The Morgan fingerprint density at radius 3 is 2.75 bits per heavy atom. The third-order valence-corrected chi connectivity index (χ3v) is 2.46. The SMILES string of the molecule is COC(=O)c1ccc(CCBr)c([N+](=O)[O-])c1. The Balaban J connectivity index is 3.17. The van der Waals surface area contributed by atoms with E-state index in [1.165, 1.54) is 19.2 Å². The molecule has 0 saturated heterocycles. The number of aryl methyl sites for hydroxylation is 1. The maximum absolute atomic E-state index is 11.2. The first-order valence-electron chi connectivity index (χ1n) is 4.51. The Morgan fingerprint density at radius 2 is 2.25 bits per heavy atom. The molecule has 0 bridgehead atoms. The highest BCUT2D eigenvalue weighted by Gasteiger charge is 2.17. The molecule has 86 valence electrons. The number of carbonyl (C=O) groups excluding carboxylic acids is 1. The number of hydrogen-bond donors (Lipinski definition) is 0. The van der Waals surface area contributed by atoms with E-state index >= 15 is 0 Å². The number of methoxy groups -OCH3 is 1. The second kappa shape index (κ2) is 5.60. The normalized spacial score (nSPS) is 9.88. The zero-order chi connectivity index (χ0) is 12.1. The van der Waals surface area contributed by atoms with E-state index in [4.69, 9.17) is 0 Å². The molecule has 0 unspecified atom stereocenters. The summed E-state index contributed by atoms with van der Waals surface area (Å²) < 4.78 is 4.50. The van der Waals surface area contributed by atoms with E-state index in [1.807, 2.05) is 0 Å². The van der Waals surface area contributed by atoms with Gasteiger partial charge in [0.2, 0.25) is 0 Å². The van der Waals surface area contributed by atoms with Crippen LogP contribution in [0.5, 0.6) is 0 Å². The van der Waals surface area contributed by atoms with E-state index in [9.17, 15) is 14.9 Å². The van der Waals surface area contributed by atoms with Crippen LogP contribution in [0.1, 0.15) is 15.9 Å². The lowest BCUT2D eigenvalue weighted by Gasteiger charge is -2.03. The van der Waals surface area contributed by atoms with Crippen molar-refractivity contribution in [1.82, 2.24) is 0 Å². The van der Waals surface area contributed by atoms with Crippen LogP contribution in [-0.2, 0) is 11.2 Å². The number of hydrogen-bond acceptors (Lipinski definition) is 4. The third kappa shape index (κ3) is 2.79. The van der Waals surface area contributed by atoms with Crippen molar-refractivity contribution >= 4 is 27.6 Å². The number of nitro groups is 1. The maximum Gasteiger partial charge on any atom is 0.338 e. The van der Waals surface area contributed by atoms with Crippen molar-refractivity contribution in [3.63, 3.8) is 0 Å². The summed E-state index contributed by atoms with van der Waals surface area (Å²) in [4.78, 5) is 21.5. The van der Waals surface area contributed by atoms with Gasteiger partial charge in [-0.1, -0.05) is 22.0 Å². The lowest BCUT2D eigenvalue weighted by molar-refractivity contribution is -0.385. The van der Waals surface area contributed by atoms with E-state index in [0.717, 1.165) is 0 Å². The first-order valence-corrected chi connectivity index (χ1v) is 5.64. The summed E-state index contributed by atoms with van der Waals surface area (Å²) in [6, 6.07) is 4.34. The molecular formula is C10H10BrNO4. The molecule has 0 atom stereocenters. The van der Waals surface area contributed by atoms with Crippen LogP contribution in [0.2, 0.25) is 0 Å². The van der Waals surface area contributed by atoms with E-state index < -0.39 is 10.9 Å². The minimum Gasteiger partial charge on any atom is -0.465 e. The fraction of sp³-hybridized carbons (Fsp3) is 0.300. The van der Waals surface area contributed by atoms with Gasteiger partial charge in [0.1, 0.15) is 0 Å². The van der Waals surface area contributed by atoms with Crippen molar-refractivity contribution in [3.05, 3.63) is 39.4 Å². The number of benzene rings is 1. The number of rotatable bonds is 4. The zero-order valence-corrected chi connectivity index (χ0v) is 10.2. The molecule has 0 aliphatic rings. The topological polar surface area (TPSA) is 69.4 Å². The predicted octanol–water partition coefficient (Wildman–Crippen LogP) is 2.32. The fourth-order valence-corrected chi connectivity index (χ4v) is 1.72. The Labute approximate surface area is 101 Å². The summed E-state index contributed by atoms with van der Waals surface area (Å²) in [6.07, 6.45) is 0.539. The summed E-state index contributed by atoms with van der Waals surface area (Å²) >= 11 is 3.22. The molecule has 0 spiro atoms. The summed E-state index contributed by atoms with van der Waals surface area (Å²) in [7, 11) is 1.24. The van der Waals surface area contributed by atoms with E-state index in [1.54, 1.807) is 6.07 Å². The van der Waals surface area contributed by atoms with Crippen molar-refractivity contribution in [2.75, 3.05) is 12.4 Å². The van der Waals surface area contributed by atoms with Gasteiger partial charge in [-0.25, -0.2) is 4.79 Å². The van der Waals surface area contributed by atoms with E-state index in [0.29, 0.717) is 17.3 Å². The van der Waals surface area contributed by atoms with Crippen molar-refractivity contribution < 1.29 is 14.5 Å². The number of esters is 1. The Morgan fingerprint density at radius 1 is 1.56 bits per heavy atom. The molecule has 0 fully saturated rings. The second-order valence-corrected chi connectivity index (χ2v) is 3.82. The average molecular weight is 288 g/mol. The van der Waals surface area contributed by atoms with Gasteiger partial charge in [0, 0.05) is 17.0 Å². The van der Waals surface area contributed by atoms with Crippen LogP contribution >= 0.6 is 15.9 Å². The van der Waals surface area contributed by atoms with Crippen LogP contribution in [0.4, 0.5) is 5.69 Å². The number of nitro benzene ring substituents is 1. The van der Waals surface area contributed by atoms with Crippen LogP contribution in [-0.4, -0.2) is 23.3 Å². The van der Waals surface area contributed by atoms with Crippen molar-refractivity contribution in [2.45, 2.75) is 6.42 Å². The summed E-state index contributed by atoms with van der Waals surface area (Å²) in [5.74, 6) is -0.575. The molecule has 0 aliphatic heterocycles. The molecule has 6 heteroatoms. The molecular weight excluding hydrogens is 278 g/mol. The highest BCUT2D eigenvalue weighted by atomic mass is 79.9. The van der Waals surface area contributed by atoms with Gasteiger partial charge in [-0.3, -0.25) is 10.1 Å². The van der Waals surface area contributed by atoms with Gasteiger partial charge < -0.3 is 4.74 Å². The van der Waals surface area contributed by atoms with Crippen LogP contribution in [0, 0.1) is 10.1 Å². The Hall–Kier alpha value is -1.43. The first-order chi connectivity index (χ1) is 7.60. The highest BCUT2D eigenvalue weighted by Crippen LogP contribution is 2.21. The Kier molecular flexibility index (Phi) is 4.42. The minimum absolute atomic E-state index is 0.0534. The minimum atomic E-state index is -0.575. The maximum atomic E-state index is 11.2. The van der Waals surface area contributed by atoms with E-state index in [-0.39, 0.29) is 11.3 Å². The lowest BCUT2D eigenvalue weighted by atomic mass is 10.1. The van der Waals surface area contributed by atoms with Gasteiger partial charge in [0.25, 0.3) is 5.69 Å². The van der Waals surface area contributed by atoms with Crippen LogP contribution in [0.25, 0.3) is 0 Å². The number of alkyl halides is 1. The standard InChI is InChI=1S/C10H10BrNO4/c1-16-10(13)8-3-2-7(4-5-11)9(6-8)12(14)15/h2-3,6H,4-5H2,1H3. The lowest BCUT2D eigenvalue weighted by Crippen LogP contribution is -2.04. The van der Waals surface area contributed by atoms with Crippen molar-refractivity contribution in [2.24, 2.45) is 0 Å². The molecule has 0 saturated carbocycles. The Bertz CT molecular complexity index is 419. The summed E-state index contributed by atoms with van der Waals surface area (Å²) in [5, 5.41) is 11.4. The number of carbonyl (C=O) groups is 1. The second-order valence-electron chi connectivity index (χ2n) is 3.03. The first kappa shape index (κ1) is 12.6. The molecule has 1 rings (SSSR count). The molecule has 5 nitrogen and oxygen atoms in total. The fourth-order valence-electron chi connectivity index (χ4n) is 1.29. The predicted molar refractivity (Wildman–Crippen MR) is 61.9 cm³/mol. The molecule has 0 amide bonds. The molecule has 1 aromatic rings. The van der Waals surface area contributed by atoms with Gasteiger partial charge in [0.05, 0.1) is 17.6 Å². The number of nitrogens with zero attached hydrogens (tertiary/aromatic N) is 1. The highest BCUT2D eigenvalue weighted by molar-refractivity contribution is 9.09. The molecule has 16 heavy (non-hydrogen) atoms. The average Bonchev–Trinajstić information content (AvgIpc) is 2.28. The monoisotopic (exact) mass is 287 g/mol. The van der Waals surface area contributed by atoms with Crippen LogP contribution in [0.15, 0.2) is 18.2 Å². The molecule has 1 aromatic carbocycles. The molecule has 0 N–H and O–H groups in total. The van der Waals surface area contributed by atoms with Crippen molar-refractivity contribution in [1.29, 1.82) is 0 Å². The quantitative estimate of drug-likeness (QED) is 0.369. The summed E-state index contributed by atoms with van der Waals surface area (Å²) in [5.41, 5.74) is 0.726. The molecule has 0 aromatic heterocycles. The van der Waals surface area contributed by atoms with Gasteiger partial charge in [-0.2, -0.15) is 0 Å². The third-order valence-electron chi connectivity index (χ3n) is 2.07. The molecule has 0 heterocycles. The van der Waals surface area contributed by atoms with Gasteiger partial charge in [0.15, 0.2) is 0 Å². The largest absolute Gasteiger partial charge is 0.465 e. The van der Waals surface area contributed by atoms with E-state index in [2.05, 4.69) is 20.7 Å². The number of halogens is 1. The smallest absolute Gasteiger partial charge is 0.338 e.